The van der Waals surface area contributed by atoms with Crippen molar-refractivity contribution in [2.45, 2.75) is 6.92 Å². The lowest BCUT2D eigenvalue weighted by Crippen LogP contribution is -2.31. The molecule has 2 amide bonds. The number of fused-ring (bicyclic) bond motifs is 1. The fourth-order valence-corrected chi connectivity index (χ4v) is 2.96. The van der Waals surface area contributed by atoms with Crippen LogP contribution >= 0.6 is 15.9 Å². The number of carbonyl (C=O) groups excluding carboxylic acids is 3. The number of ketones is 1. The lowest BCUT2D eigenvalue weighted by atomic mass is 10.0. The third-order valence-corrected chi connectivity index (χ3v) is 4.15. The molecule has 1 aliphatic heterocycles. The number of halogens is 2. The Hall–Kier alpha value is -2.60. The van der Waals surface area contributed by atoms with Crippen LogP contribution in [0.5, 0.6) is 0 Å². The van der Waals surface area contributed by atoms with E-state index in [9.17, 15) is 18.8 Å². The Morgan fingerprint density at radius 2 is 1.75 bits per heavy atom. The van der Waals surface area contributed by atoms with E-state index in [2.05, 4.69) is 15.9 Å². The van der Waals surface area contributed by atoms with Gasteiger partial charge in [-0.15, -0.1) is 0 Å². The molecule has 0 N–H and O–H groups in total. The Morgan fingerprint density at radius 3 is 2.38 bits per heavy atom. The van der Waals surface area contributed by atoms with Gasteiger partial charge in [-0.3, -0.25) is 14.4 Å². The lowest BCUT2D eigenvalue weighted by Gasteiger charge is -2.11. The highest BCUT2D eigenvalue weighted by Crippen LogP contribution is 2.40. The number of carbonyl (C=O) groups is 3. The second kappa shape index (κ2) is 6.13. The lowest BCUT2D eigenvalue weighted by molar-refractivity contribution is -0.122. The molecule has 0 atom stereocenters. The number of hydrogen-bond donors (Lipinski definition) is 0. The van der Waals surface area contributed by atoms with E-state index >= 15 is 0 Å². The van der Waals surface area contributed by atoms with Gasteiger partial charge in [0.15, 0.2) is 5.83 Å². The minimum atomic E-state index is -1.17. The molecule has 0 aromatic heterocycles. The molecule has 0 aliphatic carbocycles. The molecule has 6 heteroatoms. The first-order valence-electron chi connectivity index (χ1n) is 7.06. The molecular weight excluding hydrogens is 377 g/mol. The fourth-order valence-electron chi connectivity index (χ4n) is 2.59. The predicted molar refractivity (Wildman–Crippen MR) is 91.1 cm³/mol. The zero-order valence-corrected chi connectivity index (χ0v) is 14.1. The van der Waals surface area contributed by atoms with Gasteiger partial charge in [-0.2, -0.15) is 0 Å². The van der Waals surface area contributed by atoms with E-state index < -0.39 is 29.0 Å². The van der Waals surface area contributed by atoms with Gasteiger partial charge in [0.25, 0.3) is 5.91 Å². The maximum Gasteiger partial charge on any atom is 0.268 e. The van der Waals surface area contributed by atoms with Crippen LogP contribution in [0.15, 0.2) is 58.8 Å². The molecule has 120 valence electrons. The highest BCUT2D eigenvalue weighted by molar-refractivity contribution is 9.10. The quantitative estimate of drug-likeness (QED) is 0.579. The van der Waals surface area contributed by atoms with Gasteiger partial charge < -0.3 is 0 Å². The van der Waals surface area contributed by atoms with Crippen LogP contribution in [-0.4, -0.2) is 17.6 Å². The summed E-state index contributed by atoms with van der Waals surface area (Å²) in [5.41, 5.74) is 0.219. The van der Waals surface area contributed by atoms with Gasteiger partial charge >= 0.3 is 0 Å². The Balaban J connectivity index is 2.20. The smallest absolute Gasteiger partial charge is 0.268 e. The maximum absolute atomic E-state index is 14.8. The maximum atomic E-state index is 14.8. The summed E-state index contributed by atoms with van der Waals surface area (Å²) in [4.78, 5) is 37.5. The van der Waals surface area contributed by atoms with Crippen molar-refractivity contribution < 1.29 is 18.8 Å². The summed E-state index contributed by atoms with van der Waals surface area (Å²) in [6, 6.07) is 12.5. The van der Waals surface area contributed by atoms with Crippen LogP contribution < -0.4 is 4.90 Å². The number of nitrogens with zero attached hydrogens (tertiary/aromatic N) is 1. The molecule has 0 bridgehead atoms. The summed E-state index contributed by atoms with van der Waals surface area (Å²) >= 11 is 3.26. The molecule has 2 aromatic carbocycles. The average molecular weight is 388 g/mol. The zero-order valence-electron chi connectivity index (χ0n) is 12.5. The highest BCUT2D eigenvalue weighted by Gasteiger charge is 2.39. The van der Waals surface area contributed by atoms with Gasteiger partial charge in [0.2, 0.25) is 11.7 Å². The second-order valence-corrected chi connectivity index (χ2v) is 6.12. The van der Waals surface area contributed by atoms with Crippen LogP contribution in [0.3, 0.4) is 0 Å². The summed E-state index contributed by atoms with van der Waals surface area (Å²) in [6.45, 7) is 1.21. The largest absolute Gasteiger partial charge is 0.286 e. The van der Waals surface area contributed by atoms with Gasteiger partial charge in [0.05, 0.1) is 11.3 Å². The first-order chi connectivity index (χ1) is 11.4. The molecular formula is C18H11BrFNO3. The SMILES string of the molecule is CC(=O)N1C(=O)/C(=C(/F)C(=O)c2ccccc2)c2cc(Br)ccc21. The van der Waals surface area contributed by atoms with Crippen molar-refractivity contribution in [1.82, 2.24) is 0 Å². The first-order valence-corrected chi connectivity index (χ1v) is 7.85. The summed E-state index contributed by atoms with van der Waals surface area (Å²) < 4.78 is 15.4. The van der Waals surface area contributed by atoms with Gasteiger partial charge in [-0.05, 0) is 18.2 Å². The molecule has 0 fully saturated rings. The molecule has 1 aliphatic rings. The molecule has 0 saturated heterocycles. The van der Waals surface area contributed by atoms with Gasteiger partial charge in [-0.1, -0.05) is 46.3 Å². The number of allylic oxidation sites excluding steroid dienone is 1. The summed E-state index contributed by atoms with van der Waals surface area (Å²) in [5.74, 6) is -3.44. The van der Waals surface area contributed by atoms with Crippen LogP contribution in [0.4, 0.5) is 10.1 Å². The standard InChI is InChI=1S/C18H11BrFNO3/c1-10(22)21-14-8-7-12(19)9-13(14)15(18(21)24)16(20)17(23)11-5-3-2-4-6-11/h2-9H,1H3/b16-15+. The number of imide groups is 1. The third-order valence-electron chi connectivity index (χ3n) is 3.66. The van der Waals surface area contributed by atoms with E-state index in [1.807, 2.05) is 0 Å². The Morgan fingerprint density at radius 1 is 1.08 bits per heavy atom. The molecule has 24 heavy (non-hydrogen) atoms. The van der Waals surface area contributed by atoms with Crippen molar-refractivity contribution in [3.05, 3.63) is 70.0 Å². The van der Waals surface area contributed by atoms with Crippen molar-refractivity contribution >= 4 is 44.8 Å². The van der Waals surface area contributed by atoms with Crippen LogP contribution in [0.2, 0.25) is 0 Å². The fraction of sp³-hybridized carbons (Fsp3) is 0.0556. The molecule has 0 radical (unpaired) electrons. The van der Waals surface area contributed by atoms with E-state index in [-0.39, 0.29) is 16.8 Å². The minimum absolute atomic E-state index is 0.133. The van der Waals surface area contributed by atoms with E-state index in [4.69, 9.17) is 0 Å². The number of hydrogen-bond acceptors (Lipinski definition) is 3. The molecule has 2 aromatic rings. The molecule has 1 heterocycles. The van der Waals surface area contributed by atoms with Crippen LogP contribution in [0.25, 0.3) is 5.57 Å². The van der Waals surface area contributed by atoms with Crippen LogP contribution in [-0.2, 0) is 9.59 Å². The average Bonchev–Trinajstić information content (AvgIpc) is 2.85. The van der Waals surface area contributed by atoms with Crippen molar-refractivity contribution in [3.63, 3.8) is 0 Å². The van der Waals surface area contributed by atoms with Crippen molar-refractivity contribution in [2.24, 2.45) is 0 Å². The van der Waals surface area contributed by atoms with Crippen molar-refractivity contribution in [3.8, 4) is 0 Å². The monoisotopic (exact) mass is 387 g/mol. The first kappa shape index (κ1) is 16.3. The summed E-state index contributed by atoms with van der Waals surface area (Å²) in [6.07, 6.45) is 0. The molecule has 0 spiro atoms. The van der Waals surface area contributed by atoms with Gasteiger partial charge in [0.1, 0.15) is 0 Å². The normalized spacial score (nSPS) is 15.3. The predicted octanol–water partition coefficient (Wildman–Crippen LogP) is 3.91. The third kappa shape index (κ3) is 2.59. The Bertz CT molecular complexity index is 906. The van der Waals surface area contributed by atoms with E-state index in [0.29, 0.717) is 4.47 Å². The van der Waals surface area contributed by atoms with E-state index in [1.54, 1.807) is 24.3 Å². The van der Waals surface area contributed by atoms with Crippen LogP contribution in [0.1, 0.15) is 22.8 Å². The number of benzene rings is 2. The van der Waals surface area contributed by atoms with Gasteiger partial charge in [0, 0.05) is 22.5 Å². The number of amides is 2. The van der Waals surface area contributed by atoms with Gasteiger partial charge in [-0.25, -0.2) is 9.29 Å². The second-order valence-electron chi connectivity index (χ2n) is 5.21. The Labute approximate surface area is 145 Å². The minimum Gasteiger partial charge on any atom is -0.286 e. The molecule has 4 nitrogen and oxygen atoms in total. The molecule has 0 saturated carbocycles. The summed E-state index contributed by atoms with van der Waals surface area (Å²) in [5, 5.41) is 0. The number of rotatable bonds is 2. The van der Waals surface area contributed by atoms with E-state index in [0.717, 1.165) is 4.90 Å². The zero-order chi connectivity index (χ0) is 17.4. The number of anilines is 1. The number of Topliss-reactive ketones (excluding diaryl/α,β-unsaturated/α-hetero) is 1. The Kier molecular flexibility index (Phi) is 4.15. The molecule has 0 unspecified atom stereocenters. The highest BCUT2D eigenvalue weighted by atomic mass is 79.9. The van der Waals surface area contributed by atoms with Crippen LogP contribution in [0, 0.1) is 0 Å². The van der Waals surface area contributed by atoms with Crippen molar-refractivity contribution in [2.75, 3.05) is 4.90 Å². The van der Waals surface area contributed by atoms with Crippen molar-refractivity contribution in [1.29, 1.82) is 0 Å². The summed E-state index contributed by atoms with van der Waals surface area (Å²) in [7, 11) is 0. The molecule has 3 rings (SSSR count). The van der Waals surface area contributed by atoms with E-state index in [1.165, 1.54) is 31.2 Å². The topological polar surface area (TPSA) is 54.5 Å².